The number of aryl methyl sites for hydroxylation is 1. The number of hydrogen-bond donors (Lipinski definition) is 2. The number of benzene rings is 2. The molecular weight excluding hydrogens is 332 g/mol. The van der Waals surface area contributed by atoms with Crippen molar-refractivity contribution >= 4 is 20.9 Å². The second-order valence-electron chi connectivity index (χ2n) is 7.08. The first-order chi connectivity index (χ1) is 11.8. The van der Waals surface area contributed by atoms with Crippen LogP contribution in [0.25, 0.3) is 10.9 Å². The quantitative estimate of drug-likeness (QED) is 0.679. The van der Waals surface area contributed by atoms with Gasteiger partial charge in [0.05, 0.1) is 5.75 Å². The van der Waals surface area contributed by atoms with E-state index in [-0.39, 0.29) is 5.75 Å². The lowest BCUT2D eigenvalue weighted by Crippen LogP contribution is -2.46. The average Bonchev–Trinajstić information content (AvgIpc) is 2.96. The molecule has 25 heavy (non-hydrogen) atoms. The first kappa shape index (κ1) is 17.7. The van der Waals surface area contributed by atoms with E-state index < -0.39 is 15.6 Å². The molecule has 0 bridgehead atoms. The number of aromatic nitrogens is 1. The fraction of sp³-hybridized carbons (Fsp3) is 0.300. The Balaban J connectivity index is 1.67. The summed E-state index contributed by atoms with van der Waals surface area (Å²) in [7, 11) is -3.35. The van der Waals surface area contributed by atoms with Crippen molar-refractivity contribution in [2.45, 2.75) is 32.2 Å². The molecule has 0 aliphatic carbocycles. The highest BCUT2D eigenvalue weighted by Crippen LogP contribution is 2.22. The molecule has 0 amide bonds. The van der Waals surface area contributed by atoms with Gasteiger partial charge in [0.2, 0.25) is 10.0 Å². The summed E-state index contributed by atoms with van der Waals surface area (Å²) in [5.41, 5.74) is 2.66. The standard InChI is InChI=1S/C20H24N2O2S/c1-20(2,14-17-15-21-19-11-7-6-10-18(17)19)22-25(23,24)13-12-16-8-4-3-5-9-16/h3-11,15,21-22H,12-14H2,1-2H3. The van der Waals surface area contributed by atoms with Gasteiger partial charge in [-0.25, -0.2) is 13.1 Å². The van der Waals surface area contributed by atoms with E-state index in [9.17, 15) is 8.42 Å². The minimum atomic E-state index is -3.35. The van der Waals surface area contributed by atoms with Crippen LogP contribution in [0.4, 0.5) is 0 Å². The summed E-state index contributed by atoms with van der Waals surface area (Å²) >= 11 is 0. The molecule has 1 heterocycles. The molecular formula is C20H24N2O2S. The van der Waals surface area contributed by atoms with Crippen molar-refractivity contribution in [3.8, 4) is 0 Å². The second kappa shape index (κ2) is 7.02. The van der Waals surface area contributed by atoms with Gasteiger partial charge in [-0.05, 0) is 43.9 Å². The normalized spacial score (nSPS) is 12.6. The van der Waals surface area contributed by atoms with Crippen LogP contribution < -0.4 is 4.72 Å². The van der Waals surface area contributed by atoms with E-state index in [0.29, 0.717) is 12.8 Å². The van der Waals surface area contributed by atoms with Crippen molar-refractivity contribution in [2.75, 3.05) is 5.75 Å². The van der Waals surface area contributed by atoms with Crippen LogP contribution in [0.5, 0.6) is 0 Å². The topological polar surface area (TPSA) is 62.0 Å². The van der Waals surface area contributed by atoms with Crippen molar-refractivity contribution in [3.05, 3.63) is 71.9 Å². The minimum absolute atomic E-state index is 0.0916. The van der Waals surface area contributed by atoms with E-state index in [2.05, 4.69) is 15.8 Å². The molecule has 0 saturated heterocycles. The van der Waals surface area contributed by atoms with Crippen molar-refractivity contribution in [3.63, 3.8) is 0 Å². The summed E-state index contributed by atoms with van der Waals surface area (Å²) in [5.74, 6) is 0.0916. The van der Waals surface area contributed by atoms with Crippen LogP contribution in [0.1, 0.15) is 25.0 Å². The van der Waals surface area contributed by atoms with Crippen LogP contribution >= 0.6 is 0 Å². The van der Waals surface area contributed by atoms with Crippen LogP contribution in [0.2, 0.25) is 0 Å². The van der Waals surface area contributed by atoms with E-state index in [1.807, 2.05) is 68.6 Å². The van der Waals surface area contributed by atoms with Gasteiger partial charge in [-0.3, -0.25) is 0 Å². The Hall–Kier alpha value is -2.11. The fourth-order valence-corrected chi connectivity index (χ4v) is 4.68. The predicted octanol–water partition coefficient (Wildman–Crippen LogP) is 3.65. The fourth-order valence-electron chi connectivity index (χ4n) is 3.16. The van der Waals surface area contributed by atoms with Crippen molar-refractivity contribution in [1.29, 1.82) is 0 Å². The van der Waals surface area contributed by atoms with E-state index in [4.69, 9.17) is 0 Å². The molecule has 2 N–H and O–H groups in total. The summed E-state index contributed by atoms with van der Waals surface area (Å²) in [6, 6.07) is 17.8. The van der Waals surface area contributed by atoms with Gasteiger partial charge in [-0.15, -0.1) is 0 Å². The number of aromatic amines is 1. The maximum absolute atomic E-state index is 12.5. The molecule has 0 unspecified atom stereocenters. The molecule has 4 nitrogen and oxygen atoms in total. The molecule has 2 aromatic carbocycles. The monoisotopic (exact) mass is 356 g/mol. The zero-order valence-electron chi connectivity index (χ0n) is 14.6. The predicted molar refractivity (Wildman–Crippen MR) is 103 cm³/mol. The summed E-state index contributed by atoms with van der Waals surface area (Å²) in [6.45, 7) is 3.85. The third kappa shape index (κ3) is 4.71. The van der Waals surface area contributed by atoms with E-state index in [1.165, 1.54) is 0 Å². The highest BCUT2D eigenvalue weighted by Gasteiger charge is 2.26. The Morgan fingerprint density at radius 3 is 2.44 bits per heavy atom. The number of nitrogens with one attached hydrogen (secondary N) is 2. The van der Waals surface area contributed by atoms with Gasteiger partial charge in [0.1, 0.15) is 0 Å². The largest absolute Gasteiger partial charge is 0.361 e. The van der Waals surface area contributed by atoms with Crippen LogP contribution in [0, 0.1) is 0 Å². The smallest absolute Gasteiger partial charge is 0.212 e. The van der Waals surface area contributed by atoms with Crippen LogP contribution in [-0.4, -0.2) is 24.7 Å². The van der Waals surface area contributed by atoms with Crippen LogP contribution in [-0.2, 0) is 22.9 Å². The van der Waals surface area contributed by atoms with Crippen molar-refractivity contribution in [2.24, 2.45) is 0 Å². The SMILES string of the molecule is CC(C)(Cc1c[nH]c2ccccc12)NS(=O)(=O)CCc1ccccc1. The lowest BCUT2D eigenvalue weighted by molar-refractivity contribution is 0.451. The summed E-state index contributed by atoms with van der Waals surface area (Å²) in [5, 5.41) is 1.14. The number of H-pyrrole nitrogens is 1. The average molecular weight is 356 g/mol. The van der Waals surface area contributed by atoms with E-state index in [0.717, 1.165) is 22.0 Å². The number of hydrogen-bond acceptors (Lipinski definition) is 2. The summed E-state index contributed by atoms with van der Waals surface area (Å²) in [6.07, 6.45) is 3.10. The molecule has 0 saturated carbocycles. The molecule has 0 fully saturated rings. The molecule has 0 spiro atoms. The van der Waals surface area contributed by atoms with Gasteiger partial charge in [0, 0.05) is 22.6 Å². The Labute approximate surface area is 149 Å². The number of fused-ring (bicyclic) bond motifs is 1. The highest BCUT2D eigenvalue weighted by molar-refractivity contribution is 7.89. The highest BCUT2D eigenvalue weighted by atomic mass is 32.2. The Morgan fingerprint density at radius 2 is 1.68 bits per heavy atom. The lowest BCUT2D eigenvalue weighted by atomic mass is 9.96. The van der Waals surface area contributed by atoms with Crippen LogP contribution in [0.15, 0.2) is 60.8 Å². The molecule has 0 atom stereocenters. The van der Waals surface area contributed by atoms with Gasteiger partial charge >= 0.3 is 0 Å². The number of para-hydroxylation sites is 1. The zero-order valence-corrected chi connectivity index (χ0v) is 15.4. The van der Waals surface area contributed by atoms with E-state index >= 15 is 0 Å². The molecule has 0 aliphatic heterocycles. The maximum Gasteiger partial charge on any atom is 0.212 e. The Bertz CT molecular complexity index is 944. The molecule has 0 aliphatic rings. The zero-order chi connectivity index (χ0) is 17.9. The van der Waals surface area contributed by atoms with Gasteiger partial charge in [-0.1, -0.05) is 48.5 Å². The molecule has 5 heteroatoms. The molecule has 3 rings (SSSR count). The number of sulfonamides is 1. The maximum atomic E-state index is 12.5. The van der Waals surface area contributed by atoms with Gasteiger partial charge < -0.3 is 4.98 Å². The molecule has 132 valence electrons. The minimum Gasteiger partial charge on any atom is -0.361 e. The van der Waals surface area contributed by atoms with Crippen molar-refractivity contribution < 1.29 is 8.42 Å². The summed E-state index contributed by atoms with van der Waals surface area (Å²) in [4.78, 5) is 3.24. The van der Waals surface area contributed by atoms with Gasteiger partial charge in [0.15, 0.2) is 0 Å². The van der Waals surface area contributed by atoms with Crippen molar-refractivity contribution in [1.82, 2.24) is 9.71 Å². The molecule has 0 radical (unpaired) electrons. The Morgan fingerprint density at radius 1 is 1.00 bits per heavy atom. The first-order valence-corrected chi connectivity index (χ1v) is 10.1. The second-order valence-corrected chi connectivity index (χ2v) is 8.92. The van der Waals surface area contributed by atoms with E-state index in [1.54, 1.807) is 0 Å². The van der Waals surface area contributed by atoms with Crippen LogP contribution in [0.3, 0.4) is 0 Å². The van der Waals surface area contributed by atoms with Gasteiger partial charge in [-0.2, -0.15) is 0 Å². The first-order valence-electron chi connectivity index (χ1n) is 8.45. The molecule has 1 aromatic heterocycles. The lowest BCUT2D eigenvalue weighted by Gasteiger charge is -2.26. The molecule has 3 aromatic rings. The Kier molecular flexibility index (Phi) is 4.97. The summed E-state index contributed by atoms with van der Waals surface area (Å²) < 4.78 is 27.8. The number of rotatable bonds is 7. The third-order valence-corrected chi connectivity index (χ3v) is 5.85. The third-order valence-electron chi connectivity index (χ3n) is 4.24. The van der Waals surface area contributed by atoms with Gasteiger partial charge in [0.25, 0.3) is 0 Å².